The highest BCUT2D eigenvalue weighted by Gasteiger charge is 2.08. The van der Waals surface area contributed by atoms with Crippen molar-refractivity contribution in [3.8, 4) is 0 Å². The van der Waals surface area contributed by atoms with Gasteiger partial charge < -0.3 is 10.1 Å². The molecule has 2 aromatic heterocycles. The molecule has 0 aliphatic rings. The van der Waals surface area contributed by atoms with E-state index in [0.29, 0.717) is 16.6 Å². The van der Waals surface area contributed by atoms with Crippen LogP contribution in [0.5, 0.6) is 0 Å². The van der Waals surface area contributed by atoms with Gasteiger partial charge in [-0.3, -0.25) is 4.79 Å². The normalized spacial score (nSPS) is 11.3. The molecule has 1 aromatic carbocycles. The van der Waals surface area contributed by atoms with Crippen LogP contribution in [0.3, 0.4) is 0 Å². The van der Waals surface area contributed by atoms with Crippen LogP contribution in [-0.2, 0) is 6.61 Å². The molecule has 0 radical (unpaired) electrons. The number of aliphatic hydroxyl groups is 1. The standard InChI is InChI=1S/C11H9N3O2/c15-6-7-5-12-14-9-4-2-1-3-8(9)11(16)13-10(7)14/h1-5,15H,6H2,(H,13,16). The van der Waals surface area contributed by atoms with Crippen LogP contribution in [-0.4, -0.2) is 19.7 Å². The Morgan fingerprint density at radius 2 is 2.19 bits per heavy atom. The molecular weight excluding hydrogens is 206 g/mol. The van der Waals surface area contributed by atoms with Gasteiger partial charge in [-0.1, -0.05) is 12.1 Å². The van der Waals surface area contributed by atoms with Gasteiger partial charge in [0.15, 0.2) is 0 Å². The lowest BCUT2D eigenvalue weighted by Crippen LogP contribution is -2.10. The average Bonchev–Trinajstić information content (AvgIpc) is 2.72. The molecule has 0 saturated heterocycles. The molecule has 0 fully saturated rings. The number of H-pyrrole nitrogens is 1. The first-order valence-electron chi connectivity index (χ1n) is 4.90. The van der Waals surface area contributed by atoms with Crippen molar-refractivity contribution >= 4 is 16.6 Å². The van der Waals surface area contributed by atoms with E-state index in [1.54, 1.807) is 22.8 Å². The molecule has 0 bridgehead atoms. The third-order valence-corrected chi connectivity index (χ3v) is 2.62. The lowest BCUT2D eigenvalue weighted by Gasteiger charge is -2.00. The van der Waals surface area contributed by atoms with Crippen LogP contribution in [0, 0.1) is 0 Å². The van der Waals surface area contributed by atoms with Gasteiger partial charge in [0, 0.05) is 5.56 Å². The Hall–Kier alpha value is -2.14. The van der Waals surface area contributed by atoms with Gasteiger partial charge in [-0.05, 0) is 12.1 Å². The van der Waals surface area contributed by atoms with E-state index in [-0.39, 0.29) is 12.2 Å². The summed E-state index contributed by atoms with van der Waals surface area (Å²) in [4.78, 5) is 14.5. The molecule has 80 valence electrons. The van der Waals surface area contributed by atoms with Crippen LogP contribution >= 0.6 is 0 Å². The summed E-state index contributed by atoms with van der Waals surface area (Å²) in [5.74, 6) is 0. The zero-order valence-electron chi connectivity index (χ0n) is 8.34. The van der Waals surface area contributed by atoms with Gasteiger partial charge in [0.2, 0.25) is 0 Å². The third kappa shape index (κ3) is 1.09. The molecule has 0 amide bonds. The smallest absolute Gasteiger partial charge is 0.259 e. The number of rotatable bonds is 1. The van der Waals surface area contributed by atoms with Crippen molar-refractivity contribution < 1.29 is 5.11 Å². The maximum atomic E-state index is 11.8. The molecule has 0 aliphatic heterocycles. The minimum absolute atomic E-state index is 0.141. The number of aromatic nitrogens is 3. The zero-order valence-corrected chi connectivity index (χ0v) is 8.34. The van der Waals surface area contributed by atoms with Gasteiger partial charge in [0.1, 0.15) is 5.65 Å². The molecule has 0 spiro atoms. The first kappa shape index (κ1) is 9.11. The van der Waals surface area contributed by atoms with E-state index in [1.165, 1.54) is 0 Å². The molecule has 16 heavy (non-hydrogen) atoms. The van der Waals surface area contributed by atoms with E-state index < -0.39 is 0 Å². The Kier molecular flexibility index (Phi) is 1.81. The second-order valence-electron chi connectivity index (χ2n) is 3.56. The maximum Gasteiger partial charge on any atom is 0.259 e. The monoisotopic (exact) mass is 215 g/mol. The second-order valence-corrected chi connectivity index (χ2v) is 3.56. The summed E-state index contributed by atoms with van der Waals surface area (Å²) >= 11 is 0. The van der Waals surface area contributed by atoms with Crippen molar-refractivity contribution in [3.05, 3.63) is 46.4 Å². The van der Waals surface area contributed by atoms with E-state index in [4.69, 9.17) is 5.11 Å². The molecule has 0 unspecified atom stereocenters. The number of fused-ring (bicyclic) bond motifs is 3. The molecule has 3 aromatic rings. The second kappa shape index (κ2) is 3.18. The minimum atomic E-state index is -0.168. The van der Waals surface area contributed by atoms with Crippen LogP contribution < -0.4 is 5.56 Å². The molecule has 3 rings (SSSR count). The van der Waals surface area contributed by atoms with Gasteiger partial charge in [-0.15, -0.1) is 0 Å². The summed E-state index contributed by atoms with van der Waals surface area (Å²) < 4.78 is 1.63. The van der Waals surface area contributed by atoms with Crippen molar-refractivity contribution in [2.45, 2.75) is 6.61 Å². The first-order valence-corrected chi connectivity index (χ1v) is 4.90. The van der Waals surface area contributed by atoms with Crippen molar-refractivity contribution in [1.82, 2.24) is 14.6 Å². The van der Waals surface area contributed by atoms with E-state index >= 15 is 0 Å². The third-order valence-electron chi connectivity index (χ3n) is 2.62. The molecule has 5 heteroatoms. The molecule has 0 aliphatic carbocycles. The highest BCUT2D eigenvalue weighted by Crippen LogP contribution is 2.13. The van der Waals surface area contributed by atoms with Gasteiger partial charge >= 0.3 is 0 Å². The predicted molar refractivity (Wildman–Crippen MR) is 59.2 cm³/mol. The largest absolute Gasteiger partial charge is 0.391 e. The van der Waals surface area contributed by atoms with Gasteiger partial charge in [0.25, 0.3) is 5.56 Å². The van der Waals surface area contributed by atoms with Crippen molar-refractivity contribution in [2.75, 3.05) is 0 Å². The fourth-order valence-electron chi connectivity index (χ4n) is 1.84. The van der Waals surface area contributed by atoms with Crippen molar-refractivity contribution in [1.29, 1.82) is 0 Å². The summed E-state index contributed by atoms with van der Waals surface area (Å²) in [5.41, 5.74) is 1.73. The lowest BCUT2D eigenvalue weighted by molar-refractivity contribution is 0.283. The quantitative estimate of drug-likeness (QED) is 0.626. The van der Waals surface area contributed by atoms with E-state index in [2.05, 4.69) is 10.1 Å². The molecule has 2 heterocycles. The SMILES string of the molecule is O=c1[nH]c2c(CO)cnn2c2ccccc12. The average molecular weight is 215 g/mol. The van der Waals surface area contributed by atoms with Gasteiger partial charge in [0.05, 0.1) is 23.7 Å². The van der Waals surface area contributed by atoms with Crippen molar-refractivity contribution in [3.63, 3.8) is 0 Å². The van der Waals surface area contributed by atoms with E-state index in [1.807, 2.05) is 12.1 Å². The number of hydrogen-bond acceptors (Lipinski definition) is 3. The molecule has 5 nitrogen and oxygen atoms in total. The Balaban J connectivity index is 2.60. The van der Waals surface area contributed by atoms with Crippen LogP contribution in [0.15, 0.2) is 35.3 Å². The summed E-state index contributed by atoms with van der Waals surface area (Å²) in [5, 5.41) is 13.8. The van der Waals surface area contributed by atoms with Crippen LogP contribution in [0.4, 0.5) is 0 Å². The van der Waals surface area contributed by atoms with Crippen molar-refractivity contribution in [2.24, 2.45) is 0 Å². The van der Waals surface area contributed by atoms with E-state index in [0.717, 1.165) is 5.52 Å². The lowest BCUT2D eigenvalue weighted by atomic mass is 10.2. The van der Waals surface area contributed by atoms with Crippen LogP contribution in [0.25, 0.3) is 16.6 Å². The van der Waals surface area contributed by atoms with Gasteiger partial charge in [-0.25, -0.2) is 4.52 Å². The maximum absolute atomic E-state index is 11.8. The summed E-state index contributed by atoms with van der Waals surface area (Å²) in [6.07, 6.45) is 1.55. The first-order chi connectivity index (χ1) is 7.81. The number of aliphatic hydroxyl groups excluding tert-OH is 1. The number of nitrogens with one attached hydrogen (secondary N) is 1. The molecule has 0 saturated carbocycles. The summed E-state index contributed by atoms with van der Waals surface area (Å²) in [7, 11) is 0. The van der Waals surface area contributed by atoms with Crippen LogP contribution in [0.1, 0.15) is 5.56 Å². The Labute approximate surface area is 90.0 Å². The number of nitrogens with zero attached hydrogens (tertiary/aromatic N) is 2. The number of hydrogen-bond donors (Lipinski definition) is 2. The molecule has 2 N–H and O–H groups in total. The van der Waals surface area contributed by atoms with Gasteiger partial charge in [-0.2, -0.15) is 5.10 Å². The summed E-state index contributed by atoms with van der Waals surface area (Å²) in [6, 6.07) is 7.22. The highest BCUT2D eigenvalue weighted by atomic mass is 16.3. The van der Waals surface area contributed by atoms with E-state index in [9.17, 15) is 4.79 Å². The topological polar surface area (TPSA) is 70.4 Å². The predicted octanol–water partition coefficient (Wildman–Crippen LogP) is 0.668. The molecular formula is C11H9N3O2. The molecule has 0 atom stereocenters. The fourth-order valence-corrected chi connectivity index (χ4v) is 1.84. The number of para-hydroxylation sites is 1. The Bertz CT molecular complexity index is 727. The Morgan fingerprint density at radius 1 is 1.38 bits per heavy atom. The summed E-state index contributed by atoms with van der Waals surface area (Å²) in [6.45, 7) is -0.141. The van der Waals surface area contributed by atoms with Crippen LogP contribution in [0.2, 0.25) is 0 Å². The Morgan fingerprint density at radius 3 is 3.00 bits per heavy atom. The highest BCUT2D eigenvalue weighted by molar-refractivity contribution is 5.80. The number of benzene rings is 1. The zero-order chi connectivity index (χ0) is 11.1. The fraction of sp³-hybridized carbons (Fsp3) is 0.0909. The number of aromatic amines is 1. The minimum Gasteiger partial charge on any atom is -0.391 e.